The second-order valence-electron chi connectivity index (χ2n) is 4.03. The summed E-state index contributed by atoms with van der Waals surface area (Å²) in [5, 5.41) is 8.99. The zero-order valence-electron chi connectivity index (χ0n) is 8.78. The molecule has 1 N–H and O–H groups in total. The van der Waals surface area contributed by atoms with Gasteiger partial charge in [0.1, 0.15) is 5.56 Å². The zero-order chi connectivity index (χ0) is 11.2. The number of hydrogen-bond donors (Lipinski definition) is 1. The first kappa shape index (κ1) is 9.96. The van der Waals surface area contributed by atoms with Gasteiger partial charge in [-0.3, -0.25) is 4.79 Å². The van der Waals surface area contributed by atoms with Gasteiger partial charge in [-0.25, -0.2) is 4.79 Å². The number of aromatic nitrogens is 1. The summed E-state index contributed by atoms with van der Waals surface area (Å²) in [5.74, 6) is -1.11. The first-order valence-electron chi connectivity index (χ1n) is 5.00. The fourth-order valence-electron chi connectivity index (χ4n) is 2.37. The van der Waals surface area contributed by atoms with Crippen molar-refractivity contribution >= 4 is 5.97 Å². The molecule has 1 aromatic rings. The van der Waals surface area contributed by atoms with Crippen molar-refractivity contribution in [1.29, 1.82) is 0 Å². The summed E-state index contributed by atoms with van der Waals surface area (Å²) in [4.78, 5) is 22.5. The van der Waals surface area contributed by atoms with Crippen LogP contribution in [0.4, 0.5) is 0 Å². The van der Waals surface area contributed by atoms with Gasteiger partial charge in [0.15, 0.2) is 5.43 Å². The van der Waals surface area contributed by atoms with Crippen LogP contribution in [0.2, 0.25) is 0 Å². The minimum absolute atomic E-state index is 0.0510. The number of carboxylic acids is 1. The van der Waals surface area contributed by atoms with Crippen LogP contribution in [0.3, 0.4) is 0 Å². The maximum Gasteiger partial charge on any atom is 0.341 e. The van der Waals surface area contributed by atoms with Gasteiger partial charge < -0.3 is 9.67 Å². The topological polar surface area (TPSA) is 59.3 Å². The van der Waals surface area contributed by atoms with Crippen molar-refractivity contribution in [2.45, 2.75) is 32.7 Å². The number of nitrogens with zero attached hydrogens (tertiary/aromatic N) is 1. The lowest BCUT2D eigenvalue weighted by atomic mass is 10.1. The summed E-state index contributed by atoms with van der Waals surface area (Å²) >= 11 is 0. The molecule has 0 radical (unpaired) electrons. The average molecular weight is 207 g/mol. The Morgan fingerprint density at radius 3 is 2.87 bits per heavy atom. The van der Waals surface area contributed by atoms with Crippen molar-refractivity contribution in [3.8, 4) is 0 Å². The summed E-state index contributed by atoms with van der Waals surface area (Å²) in [7, 11) is 0. The van der Waals surface area contributed by atoms with Gasteiger partial charge in [-0.15, -0.1) is 0 Å². The number of carbonyl (C=O) groups is 1. The Hall–Kier alpha value is -1.58. The molecule has 15 heavy (non-hydrogen) atoms. The minimum Gasteiger partial charge on any atom is -0.477 e. The van der Waals surface area contributed by atoms with E-state index in [0.717, 1.165) is 12.1 Å². The number of aryl methyl sites for hydroxylation is 1. The Bertz CT molecular complexity index is 487. The first-order chi connectivity index (χ1) is 7.02. The number of carboxylic acid groups (broad SMARTS) is 1. The van der Waals surface area contributed by atoms with Crippen molar-refractivity contribution in [2.75, 3.05) is 0 Å². The van der Waals surface area contributed by atoms with E-state index < -0.39 is 5.97 Å². The standard InChI is InChI=1S/C11H13NO3/c1-6-3-4-8-10(11(14)15)9(13)5-7(2)12(6)8/h5-6H,3-4H2,1-2H3,(H,14,15). The monoisotopic (exact) mass is 207 g/mol. The third-order valence-corrected chi connectivity index (χ3v) is 3.00. The van der Waals surface area contributed by atoms with E-state index in [1.54, 1.807) is 0 Å². The predicted octanol–water partition coefficient (Wildman–Crippen LogP) is 1.36. The van der Waals surface area contributed by atoms with Crippen molar-refractivity contribution in [3.63, 3.8) is 0 Å². The van der Waals surface area contributed by atoms with Gasteiger partial charge in [-0.2, -0.15) is 0 Å². The van der Waals surface area contributed by atoms with Crippen LogP contribution in [0.25, 0.3) is 0 Å². The third kappa shape index (κ3) is 1.37. The molecule has 1 unspecified atom stereocenters. The summed E-state index contributed by atoms with van der Waals surface area (Å²) in [6.45, 7) is 3.89. The minimum atomic E-state index is -1.11. The maximum atomic E-state index is 11.6. The molecule has 4 nitrogen and oxygen atoms in total. The molecule has 0 amide bonds. The highest BCUT2D eigenvalue weighted by atomic mass is 16.4. The van der Waals surface area contributed by atoms with Crippen LogP contribution in [0, 0.1) is 6.92 Å². The van der Waals surface area contributed by atoms with Crippen LogP contribution in [-0.2, 0) is 6.42 Å². The quantitative estimate of drug-likeness (QED) is 0.756. The highest BCUT2D eigenvalue weighted by Crippen LogP contribution is 2.27. The van der Waals surface area contributed by atoms with Crippen molar-refractivity contribution in [3.05, 3.63) is 33.2 Å². The van der Waals surface area contributed by atoms with E-state index in [4.69, 9.17) is 5.11 Å². The van der Waals surface area contributed by atoms with E-state index in [1.165, 1.54) is 6.07 Å². The van der Waals surface area contributed by atoms with Crippen molar-refractivity contribution < 1.29 is 9.90 Å². The molecular weight excluding hydrogens is 194 g/mol. The molecule has 0 saturated heterocycles. The molecule has 0 spiro atoms. The van der Waals surface area contributed by atoms with E-state index in [0.29, 0.717) is 18.2 Å². The van der Waals surface area contributed by atoms with E-state index >= 15 is 0 Å². The largest absolute Gasteiger partial charge is 0.477 e. The van der Waals surface area contributed by atoms with Crippen molar-refractivity contribution in [2.24, 2.45) is 0 Å². The number of hydrogen-bond acceptors (Lipinski definition) is 2. The second kappa shape index (κ2) is 3.22. The van der Waals surface area contributed by atoms with Gasteiger partial charge in [0.25, 0.3) is 0 Å². The first-order valence-corrected chi connectivity index (χ1v) is 5.00. The van der Waals surface area contributed by atoms with Crippen LogP contribution in [-0.4, -0.2) is 15.6 Å². The van der Waals surface area contributed by atoms with Crippen LogP contribution in [0.1, 0.15) is 41.1 Å². The number of rotatable bonds is 1. The molecule has 0 saturated carbocycles. The van der Waals surface area contributed by atoms with Crippen LogP contribution < -0.4 is 5.43 Å². The lowest BCUT2D eigenvalue weighted by Gasteiger charge is -2.15. The van der Waals surface area contributed by atoms with E-state index in [-0.39, 0.29) is 11.0 Å². The van der Waals surface area contributed by atoms with E-state index in [9.17, 15) is 9.59 Å². The Labute approximate surface area is 87.2 Å². The molecule has 2 rings (SSSR count). The second-order valence-corrected chi connectivity index (χ2v) is 4.03. The van der Waals surface area contributed by atoms with Crippen LogP contribution >= 0.6 is 0 Å². The summed E-state index contributed by atoms with van der Waals surface area (Å²) < 4.78 is 1.96. The molecule has 0 aliphatic carbocycles. The van der Waals surface area contributed by atoms with Crippen LogP contribution in [0.5, 0.6) is 0 Å². The molecule has 4 heteroatoms. The molecule has 0 fully saturated rings. The Morgan fingerprint density at radius 1 is 1.60 bits per heavy atom. The summed E-state index contributed by atoms with van der Waals surface area (Å²) in [5.41, 5.74) is 1.11. The molecule has 2 heterocycles. The SMILES string of the molecule is Cc1cc(=O)c(C(=O)O)c2n1C(C)CC2. The van der Waals surface area contributed by atoms with E-state index in [1.807, 2.05) is 18.4 Å². The molecule has 0 aromatic carbocycles. The zero-order valence-corrected chi connectivity index (χ0v) is 8.78. The number of pyridine rings is 1. The third-order valence-electron chi connectivity index (χ3n) is 3.00. The Balaban J connectivity index is 2.79. The molecule has 80 valence electrons. The number of fused-ring (bicyclic) bond motifs is 1. The lowest BCUT2D eigenvalue weighted by Crippen LogP contribution is -2.22. The van der Waals surface area contributed by atoms with Crippen molar-refractivity contribution in [1.82, 2.24) is 4.57 Å². The van der Waals surface area contributed by atoms with Gasteiger partial charge in [0, 0.05) is 23.5 Å². The predicted molar refractivity (Wildman–Crippen MR) is 55.4 cm³/mol. The maximum absolute atomic E-state index is 11.6. The highest BCUT2D eigenvalue weighted by Gasteiger charge is 2.26. The van der Waals surface area contributed by atoms with E-state index in [2.05, 4.69) is 0 Å². The molecule has 0 bridgehead atoms. The molecule has 1 aliphatic rings. The van der Waals surface area contributed by atoms with Gasteiger partial charge in [-0.05, 0) is 26.7 Å². The van der Waals surface area contributed by atoms with Crippen LogP contribution in [0.15, 0.2) is 10.9 Å². The molecular formula is C11H13NO3. The van der Waals surface area contributed by atoms with Gasteiger partial charge in [0.05, 0.1) is 0 Å². The smallest absolute Gasteiger partial charge is 0.341 e. The lowest BCUT2D eigenvalue weighted by molar-refractivity contribution is 0.0693. The normalized spacial score (nSPS) is 18.9. The fraction of sp³-hybridized carbons (Fsp3) is 0.455. The highest BCUT2D eigenvalue weighted by molar-refractivity contribution is 5.89. The van der Waals surface area contributed by atoms with Gasteiger partial charge >= 0.3 is 5.97 Å². The summed E-state index contributed by atoms with van der Waals surface area (Å²) in [6, 6.07) is 1.70. The fourth-order valence-corrected chi connectivity index (χ4v) is 2.37. The van der Waals surface area contributed by atoms with Gasteiger partial charge in [-0.1, -0.05) is 0 Å². The molecule has 1 atom stereocenters. The molecule has 1 aliphatic heterocycles. The Kier molecular flexibility index (Phi) is 2.14. The Morgan fingerprint density at radius 2 is 2.27 bits per heavy atom. The van der Waals surface area contributed by atoms with Gasteiger partial charge in [0.2, 0.25) is 0 Å². The number of aromatic carboxylic acids is 1. The average Bonchev–Trinajstić information content (AvgIpc) is 2.47. The summed E-state index contributed by atoms with van der Waals surface area (Å²) in [6.07, 6.45) is 1.59. The molecule has 1 aromatic heterocycles.